The molecule has 1 aromatic heterocycles. The Morgan fingerprint density at radius 1 is 0.237 bits per heavy atom. The van der Waals surface area contributed by atoms with E-state index in [-0.39, 0.29) is 0 Å². The molecule has 0 bridgehead atoms. The zero-order valence-corrected chi connectivity index (χ0v) is 43.8. The molecular weight excluding hydrogens is 969 g/mol. The number of hydrogen-bond acceptors (Lipinski definition) is 4. The Hall–Kier alpha value is -10.6. The van der Waals surface area contributed by atoms with Gasteiger partial charge < -0.3 is 4.90 Å². The van der Waals surface area contributed by atoms with Crippen molar-refractivity contribution < 1.29 is 0 Å². The van der Waals surface area contributed by atoms with E-state index in [1.807, 2.05) is 30.3 Å². The Bertz CT molecular complexity index is 4190. The molecule has 0 aliphatic heterocycles. The summed E-state index contributed by atoms with van der Waals surface area (Å²) in [6.07, 6.45) is 0. The van der Waals surface area contributed by atoms with Crippen LogP contribution in [0.5, 0.6) is 0 Å². The monoisotopic (exact) mass is 1020 g/mol. The number of hydrogen-bond donors (Lipinski definition) is 0. The minimum atomic E-state index is -0.533. The van der Waals surface area contributed by atoms with Gasteiger partial charge in [-0.25, -0.2) is 15.0 Å². The number of aromatic nitrogens is 3. The Morgan fingerprint density at radius 2 is 0.562 bits per heavy atom. The summed E-state index contributed by atoms with van der Waals surface area (Å²) in [4.78, 5) is 18.0. The van der Waals surface area contributed by atoms with Gasteiger partial charge in [0.2, 0.25) is 0 Å². The fraction of sp³-hybridized carbons (Fsp3) is 0.0132. The van der Waals surface area contributed by atoms with Gasteiger partial charge in [-0.2, -0.15) is 0 Å². The number of fused-ring (bicyclic) bond motifs is 3. The molecule has 376 valence electrons. The molecule has 0 unspecified atom stereocenters. The van der Waals surface area contributed by atoms with Crippen LogP contribution in [0.2, 0.25) is 0 Å². The summed E-state index contributed by atoms with van der Waals surface area (Å²) in [6, 6.07) is 113. The molecule has 14 rings (SSSR count). The lowest BCUT2D eigenvalue weighted by Crippen LogP contribution is -2.28. The van der Waals surface area contributed by atoms with Crippen LogP contribution in [0.15, 0.2) is 315 Å². The van der Waals surface area contributed by atoms with Gasteiger partial charge in [0.15, 0.2) is 17.5 Å². The first-order valence-corrected chi connectivity index (χ1v) is 27.2. The van der Waals surface area contributed by atoms with Gasteiger partial charge in [-0.1, -0.05) is 267 Å². The van der Waals surface area contributed by atoms with Gasteiger partial charge in [-0.15, -0.1) is 0 Å². The van der Waals surface area contributed by atoms with E-state index in [2.05, 4.69) is 290 Å². The SMILES string of the molecule is c1ccc(-c2ccc(N(c3ccc(-c4ccc(-c5nc(-c6ccccc6)nc(-c6cc(-c7ccccc7)cc(-c7ccccc7)c6)n5)cc4)cc3)c3cccc4c3-c3ccccc3C4(c3ccccc3)c3ccccc3)cc2)cc1. The van der Waals surface area contributed by atoms with Gasteiger partial charge in [-0.05, 0) is 121 Å². The molecule has 0 radical (unpaired) electrons. The third kappa shape index (κ3) is 8.75. The van der Waals surface area contributed by atoms with E-state index in [0.717, 1.165) is 67.1 Å². The van der Waals surface area contributed by atoms with Crippen molar-refractivity contribution >= 4 is 17.1 Å². The molecule has 0 fully saturated rings. The fourth-order valence-electron chi connectivity index (χ4n) is 11.8. The Balaban J connectivity index is 0.861. The summed E-state index contributed by atoms with van der Waals surface area (Å²) in [5.74, 6) is 1.84. The maximum absolute atomic E-state index is 5.24. The maximum Gasteiger partial charge on any atom is 0.164 e. The zero-order chi connectivity index (χ0) is 53.2. The van der Waals surface area contributed by atoms with Crippen molar-refractivity contribution in [1.29, 1.82) is 0 Å². The van der Waals surface area contributed by atoms with E-state index in [4.69, 9.17) is 15.0 Å². The smallest absolute Gasteiger partial charge is 0.164 e. The maximum atomic E-state index is 5.24. The van der Waals surface area contributed by atoms with Crippen molar-refractivity contribution in [3.05, 3.63) is 338 Å². The van der Waals surface area contributed by atoms with Crippen molar-refractivity contribution in [3.63, 3.8) is 0 Å². The minimum Gasteiger partial charge on any atom is -0.310 e. The fourth-order valence-corrected chi connectivity index (χ4v) is 11.8. The molecule has 0 spiro atoms. The first-order valence-electron chi connectivity index (χ1n) is 27.2. The van der Waals surface area contributed by atoms with E-state index in [1.54, 1.807) is 0 Å². The second kappa shape index (κ2) is 20.8. The molecule has 4 nitrogen and oxygen atoms in total. The van der Waals surface area contributed by atoms with Gasteiger partial charge in [0.25, 0.3) is 0 Å². The van der Waals surface area contributed by atoms with Crippen LogP contribution >= 0.6 is 0 Å². The molecule has 0 saturated heterocycles. The molecule has 1 aliphatic carbocycles. The highest BCUT2D eigenvalue weighted by Crippen LogP contribution is 2.59. The highest BCUT2D eigenvalue weighted by molar-refractivity contribution is 5.98. The Kier molecular flexibility index (Phi) is 12.4. The molecule has 1 aliphatic rings. The Labute approximate surface area is 467 Å². The summed E-state index contributed by atoms with van der Waals surface area (Å²) in [5.41, 5.74) is 21.9. The normalized spacial score (nSPS) is 12.1. The molecule has 80 heavy (non-hydrogen) atoms. The number of benzene rings is 12. The molecule has 0 N–H and O–H groups in total. The second-order valence-corrected chi connectivity index (χ2v) is 20.3. The van der Waals surface area contributed by atoms with E-state index in [1.165, 1.54) is 44.5 Å². The van der Waals surface area contributed by atoms with E-state index in [9.17, 15) is 0 Å². The molecule has 0 atom stereocenters. The molecule has 12 aromatic carbocycles. The van der Waals surface area contributed by atoms with Gasteiger partial charge in [0, 0.05) is 33.6 Å². The first kappa shape index (κ1) is 47.9. The van der Waals surface area contributed by atoms with Crippen LogP contribution < -0.4 is 4.90 Å². The first-order chi connectivity index (χ1) is 39.7. The van der Waals surface area contributed by atoms with Crippen LogP contribution in [-0.2, 0) is 5.41 Å². The predicted octanol–water partition coefficient (Wildman–Crippen LogP) is 19.4. The third-order valence-corrected chi connectivity index (χ3v) is 15.6. The summed E-state index contributed by atoms with van der Waals surface area (Å²) in [5, 5.41) is 0. The van der Waals surface area contributed by atoms with Crippen LogP contribution in [0.3, 0.4) is 0 Å². The van der Waals surface area contributed by atoms with E-state index in [0.29, 0.717) is 17.5 Å². The van der Waals surface area contributed by atoms with Crippen molar-refractivity contribution in [3.8, 4) is 89.8 Å². The van der Waals surface area contributed by atoms with Crippen LogP contribution in [0, 0.1) is 0 Å². The Morgan fingerprint density at radius 3 is 1.04 bits per heavy atom. The lowest BCUT2D eigenvalue weighted by molar-refractivity contribution is 0.768. The van der Waals surface area contributed by atoms with Crippen molar-refractivity contribution in [1.82, 2.24) is 15.0 Å². The number of anilines is 3. The van der Waals surface area contributed by atoms with Crippen molar-refractivity contribution in [2.75, 3.05) is 4.90 Å². The quantitative estimate of drug-likeness (QED) is 0.122. The lowest BCUT2D eigenvalue weighted by Gasteiger charge is -2.34. The summed E-state index contributed by atoms with van der Waals surface area (Å²) in [7, 11) is 0. The molecule has 0 amide bonds. The van der Waals surface area contributed by atoms with Crippen molar-refractivity contribution in [2.24, 2.45) is 0 Å². The largest absolute Gasteiger partial charge is 0.310 e. The standard InChI is InChI=1S/C76H52N4/c1-7-22-53(23-8-1)57-42-46-66(47-43-57)80(71-37-21-36-70-72(71)68-34-19-20-35-69(68)76(70,64-30-15-5-16-31-64)65-32-17-6-18-33-65)67-48-44-58(45-49-67)56-38-40-60(41-39-56)74-77-73(59-28-13-4-14-29-59)78-75(79-74)63-51-61(54-24-9-2-10-25-54)50-62(52-63)55-26-11-3-12-27-55/h1-52H. The summed E-state index contributed by atoms with van der Waals surface area (Å²) >= 11 is 0. The highest BCUT2D eigenvalue weighted by Gasteiger charge is 2.47. The average molecular weight is 1020 g/mol. The predicted molar refractivity (Wildman–Crippen MR) is 330 cm³/mol. The average Bonchev–Trinajstić information content (AvgIpc) is 3.57. The third-order valence-electron chi connectivity index (χ3n) is 15.6. The highest BCUT2D eigenvalue weighted by atomic mass is 15.1. The molecular formula is C76H52N4. The number of nitrogens with zero attached hydrogens (tertiary/aromatic N) is 4. The van der Waals surface area contributed by atoms with Gasteiger partial charge >= 0.3 is 0 Å². The van der Waals surface area contributed by atoms with Gasteiger partial charge in [0.1, 0.15) is 0 Å². The van der Waals surface area contributed by atoms with Crippen LogP contribution in [0.1, 0.15) is 22.3 Å². The topological polar surface area (TPSA) is 41.9 Å². The van der Waals surface area contributed by atoms with E-state index < -0.39 is 5.41 Å². The van der Waals surface area contributed by atoms with Crippen LogP contribution in [0.4, 0.5) is 17.1 Å². The summed E-state index contributed by atoms with van der Waals surface area (Å²) < 4.78 is 0. The second-order valence-electron chi connectivity index (χ2n) is 20.3. The molecule has 1 heterocycles. The zero-order valence-electron chi connectivity index (χ0n) is 43.8. The number of rotatable bonds is 12. The molecule has 13 aromatic rings. The van der Waals surface area contributed by atoms with E-state index >= 15 is 0 Å². The lowest BCUT2D eigenvalue weighted by atomic mass is 9.68. The molecule has 4 heteroatoms. The van der Waals surface area contributed by atoms with Crippen LogP contribution in [0.25, 0.3) is 89.8 Å². The van der Waals surface area contributed by atoms with Crippen molar-refractivity contribution in [2.45, 2.75) is 5.41 Å². The van der Waals surface area contributed by atoms with Gasteiger partial charge in [0.05, 0.1) is 11.1 Å². The van der Waals surface area contributed by atoms with Gasteiger partial charge in [-0.3, -0.25) is 0 Å². The summed E-state index contributed by atoms with van der Waals surface area (Å²) in [6.45, 7) is 0. The van der Waals surface area contributed by atoms with Crippen LogP contribution in [-0.4, -0.2) is 15.0 Å². The minimum absolute atomic E-state index is 0.533. The molecule has 0 saturated carbocycles.